The van der Waals surface area contributed by atoms with Gasteiger partial charge >= 0.3 is 0 Å². The van der Waals surface area contributed by atoms with Gasteiger partial charge in [0.05, 0.1) is 18.8 Å². The molecule has 98 valence electrons. The number of carbonyl (C=O) groups is 1. The molecule has 0 aromatic heterocycles. The van der Waals surface area contributed by atoms with E-state index in [4.69, 9.17) is 4.74 Å². The Morgan fingerprint density at radius 2 is 2.28 bits per heavy atom. The maximum Gasteiger partial charge on any atom is 0.255 e. The molecule has 5 nitrogen and oxygen atoms in total. The number of hydrogen-bond acceptors (Lipinski definition) is 4. The van der Waals surface area contributed by atoms with E-state index in [1.165, 1.54) is 7.11 Å². The number of ether oxygens (including phenoxy) is 1. The molecule has 1 aromatic rings. The molecule has 5 heteroatoms. The van der Waals surface area contributed by atoms with Crippen molar-refractivity contribution in [2.45, 2.75) is 6.10 Å². The maximum atomic E-state index is 12.0. The summed E-state index contributed by atoms with van der Waals surface area (Å²) in [5, 5.41) is 15.5. The molecule has 2 atom stereocenters. The molecule has 0 radical (unpaired) electrons. The molecular formula is C13H18N2O3. The second-order valence-electron chi connectivity index (χ2n) is 4.40. The third-order valence-electron chi connectivity index (χ3n) is 3.18. The van der Waals surface area contributed by atoms with Gasteiger partial charge in [-0.3, -0.25) is 4.79 Å². The molecule has 1 fully saturated rings. The predicted molar refractivity (Wildman–Crippen MR) is 67.7 cm³/mol. The van der Waals surface area contributed by atoms with E-state index in [0.29, 0.717) is 24.4 Å². The summed E-state index contributed by atoms with van der Waals surface area (Å²) in [4.78, 5) is 12.0. The minimum atomic E-state index is -0.386. The van der Waals surface area contributed by atoms with Crippen LogP contribution in [0, 0.1) is 5.92 Å². The molecule has 1 aromatic carbocycles. The van der Waals surface area contributed by atoms with Crippen molar-refractivity contribution >= 4 is 5.91 Å². The van der Waals surface area contributed by atoms with Crippen LogP contribution in [-0.4, -0.2) is 43.9 Å². The van der Waals surface area contributed by atoms with E-state index in [-0.39, 0.29) is 17.9 Å². The quantitative estimate of drug-likeness (QED) is 0.704. The molecule has 2 unspecified atom stereocenters. The van der Waals surface area contributed by atoms with Gasteiger partial charge in [0.15, 0.2) is 0 Å². The lowest BCUT2D eigenvalue weighted by Crippen LogP contribution is -2.34. The number of aliphatic hydroxyl groups excluding tert-OH is 1. The van der Waals surface area contributed by atoms with Gasteiger partial charge in [-0.05, 0) is 12.1 Å². The van der Waals surface area contributed by atoms with Gasteiger partial charge in [-0.15, -0.1) is 0 Å². The standard InChI is InChI=1S/C13H18N2O3/c1-18-12-5-3-2-4-10(12)13(17)15-7-9-6-14-8-11(9)16/h2-5,9,11,14,16H,6-8H2,1H3,(H,15,17). The highest BCUT2D eigenvalue weighted by Crippen LogP contribution is 2.17. The first kappa shape index (κ1) is 12.9. The number of carbonyl (C=O) groups excluding carboxylic acids is 1. The number of para-hydroxylation sites is 1. The number of hydrogen-bond donors (Lipinski definition) is 3. The number of methoxy groups -OCH3 is 1. The summed E-state index contributed by atoms with van der Waals surface area (Å²) < 4.78 is 5.14. The van der Waals surface area contributed by atoms with Gasteiger partial charge in [0.1, 0.15) is 5.75 Å². The van der Waals surface area contributed by atoms with Crippen LogP contribution in [0.15, 0.2) is 24.3 Å². The van der Waals surface area contributed by atoms with Gasteiger partial charge in [-0.2, -0.15) is 0 Å². The van der Waals surface area contributed by atoms with Gasteiger partial charge < -0.3 is 20.5 Å². The SMILES string of the molecule is COc1ccccc1C(=O)NCC1CNCC1O. The minimum Gasteiger partial charge on any atom is -0.496 e. The molecule has 18 heavy (non-hydrogen) atoms. The van der Waals surface area contributed by atoms with Crippen molar-refractivity contribution in [3.63, 3.8) is 0 Å². The summed E-state index contributed by atoms with van der Waals surface area (Å²) in [6, 6.07) is 7.09. The van der Waals surface area contributed by atoms with E-state index in [0.717, 1.165) is 6.54 Å². The molecule has 1 heterocycles. The number of β-amino-alcohol motifs (C(OH)–C–C–N with tert-alkyl or cyclic N) is 1. The highest BCUT2D eigenvalue weighted by Gasteiger charge is 2.25. The van der Waals surface area contributed by atoms with E-state index in [2.05, 4.69) is 10.6 Å². The summed E-state index contributed by atoms with van der Waals surface area (Å²) >= 11 is 0. The lowest BCUT2D eigenvalue weighted by atomic mass is 10.1. The smallest absolute Gasteiger partial charge is 0.255 e. The second-order valence-corrected chi connectivity index (χ2v) is 4.40. The fourth-order valence-corrected chi connectivity index (χ4v) is 2.08. The Labute approximate surface area is 106 Å². The zero-order chi connectivity index (χ0) is 13.0. The molecule has 3 N–H and O–H groups in total. The number of nitrogens with one attached hydrogen (secondary N) is 2. The number of amides is 1. The molecule has 1 aliphatic rings. The van der Waals surface area contributed by atoms with Gasteiger partial charge in [-0.1, -0.05) is 12.1 Å². The molecule has 1 saturated heterocycles. The Morgan fingerprint density at radius 1 is 1.50 bits per heavy atom. The third kappa shape index (κ3) is 2.80. The lowest BCUT2D eigenvalue weighted by Gasteiger charge is -2.15. The second kappa shape index (κ2) is 5.84. The number of rotatable bonds is 4. The topological polar surface area (TPSA) is 70.6 Å². The normalized spacial score (nSPS) is 22.8. The summed E-state index contributed by atoms with van der Waals surface area (Å²) in [6.45, 7) is 1.79. The first-order chi connectivity index (χ1) is 8.72. The largest absolute Gasteiger partial charge is 0.496 e. The van der Waals surface area contributed by atoms with Crippen LogP contribution in [0.4, 0.5) is 0 Å². The summed E-state index contributed by atoms with van der Waals surface area (Å²) in [5.41, 5.74) is 0.514. The molecule has 0 spiro atoms. The van der Waals surface area contributed by atoms with Crippen molar-refractivity contribution in [3.05, 3.63) is 29.8 Å². The first-order valence-electron chi connectivity index (χ1n) is 6.02. The Balaban J connectivity index is 1.95. The summed E-state index contributed by atoms with van der Waals surface area (Å²) in [5.74, 6) is 0.454. The van der Waals surface area contributed by atoms with Crippen LogP contribution in [0.1, 0.15) is 10.4 Å². The van der Waals surface area contributed by atoms with Crippen molar-refractivity contribution in [2.24, 2.45) is 5.92 Å². The van der Waals surface area contributed by atoms with Crippen molar-refractivity contribution < 1.29 is 14.6 Å². The van der Waals surface area contributed by atoms with Crippen LogP contribution in [0.25, 0.3) is 0 Å². The lowest BCUT2D eigenvalue weighted by molar-refractivity contribution is 0.0924. The van der Waals surface area contributed by atoms with Crippen LogP contribution in [0.2, 0.25) is 0 Å². The van der Waals surface area contributed by atoms with E-state index >= 15 is 0 Å². The average Bonchev–Trinajstić information content (AvgIpc) is 2.81. The van der Waals surface area contributed by atoms with Crippen LogP contribution < -0.4 is 15.4 Å². The predicted octanol–water partition coefficient (Wildman–Crippen LogP) is 0.00530. The van der Waals surface area contributed by atoms with Crippen molar-refractivity contribution in [2.75, 3.05) is 26.7 Å². The molecule has 1 amide bonds. The Hall–Kier alpha value is -1.59. The monoisotopic (exact) mass is 250 g/mol. The highest BCUT2D eigenvalue weighted by molar-refractivity contribution is 5.96. The van der Waals surface area contributed by atoms with Crippen LogP contribution in [-0.2, 0) is 0 Å². The van der Waals surface area contributed by atoms with Gasteiger partial charge in [0.25, 0.3) is 5.91 Å². The van der Waals surface area contributed by atoms with Gasteiger partial charge in [0.2, 0.25) is 0 Å². The van der Waals surface area contributed by atoms with Crippen LogP contribution in [0.5, 0.6) is 5.75 Å². The molecule has 2 rings (SSSR count). The van der Waals surface area contributed by atoms with E-state index in [1.807, 2.05) is 6.07 Å². The summed E-state index contributed by atoms with van der Waals surface area (Å²) in [7, 11) is 1.54. The van der Waals surface area contributed by atoms with Crippen molar-refractivity contribution in [1.29, 1.82) is 0 Å². The minimum absolute atomic E-state index is 0.0728. The average molecular weight is 250 g/mol. The Morgan fingerprint density at radius 3 is 2.94 bits per heavy atom. The zero-order valence-corrected chi connectivity index (χ0v) is 10.3. The van der Waals surface area contributed by atoms with Crippen LogP contribution >= 0.6 is 0 Å². The number of aliphatic hydroxyl groups is 1. The molecular weight excluding hydrogens is 232 g/mol. The number of benzene rings is 1. The third-order valence-corrected chi connectivity index (χ3v) is 3.18. The fourth-order valence-electron chi connectivity index (χ4n) is 2.08. The molecule has 1 aliphatic heterocycles. The maximum absolute atomic E-state index is 12.0. The van der Waals surface area contributed by atoms with Crippen molar-refractivity contribution in [1.82, 2.24) is 10.6 Å². The van der Waals surface area contributed by atoms with E-state index in [1.54, 1.807) is 18.2 Å². The van der Waals surface area contributed by atoms with Crippen molar-refractivity contribution in [3.8, 4) is 5.75 Å². The van der Waals surface area contributed by atoms with E-state index in [9.17, 15) is 9.90 Å². The Bertz CT molecular complexity index is 422. The fraction of sp³-hybridized carbons (Fsp3) is 0.462. The summed E-state index contributed by atoms with van der Waals surface area (Å²) in [6.07, 6.45) is -0.386. The Kier molecular flexibility index (Phi) is 4.17. The van der Waals surface area contributed by atoms with Crippen LogP contribution in [0.3, 0.4) is 0 Å². The molecule has 0 bridgehead atoms. The highest BCUT2D eigenvalue weighted by atomic mass is 16.5. The molecule has 0 aliphatic carbocycles. The van der Waals surface area contributed by atoms with Gasteiger partial charge in [-0.25, -0.2) is 0 Å². The van der Waals surface area contributed by atoms with E-state index < -0.39 is 0 Å². The zero-order valence-electron chi connectivity index (χ0n) is 10.3. The first-order valence-corrected chi connectivity index (χ1v) is 6.02. The van der Waals surface area contributed by atoms with Gasteiger partial charge in [0, 0.05) is 25.6 Å². The molecule has 0 saturated carbocycles.